The summed E-state index contributed by atoms with van der Waals surface area (Å²) >= 11 is 0. The van der Waals surface area contributed by atoms with Gasteiger partial charge in [0.1, 0.15) is 32.2 Å². The highest BCUT2D eigenvalue weighted by molar-refractivity contribution is 7.89. The predicted molar refractivity (Wildman–Crippen MR) is 122 cm³/mol. The van der Waals surface area contributed by atoms with Gasteiger partial charge in [-0.05, 0) is 43.2 Å². The number of aryl methyl sites for hydroxylation is 1. The van der Waals surface area contributed by atoms with E-state index in [-0.39, 0.29) is 6.04 Å². The lowest BCUT2D eigenvalue weighted by atomic mass is 10.0. The molecule has 7 heteroatoms. The molecule has 164 valence electrons. The lowest BCUT2D eigenvalue weighted by molar-refractivity contribution is -1.02. The molecule has 0 bridgehead atoms. The number of nitrogens with one attached hydrogen (secondary N) is 3. The fourth-order valence-corrected chi connectivity index (χ4v) is 5.50. The molecule has 0 radical (unpaired) electrons. The van der Waals surface area contributed by atoms with Gasteiger partial charge >= 0.3 is 0 Å². The van der Waals surface area contributed by atoms with Crippen LogP contribution in [0.4, 0.5) is 5.69 Å². The molecule has 1 aliphatic heterocycles. The quantitative estimate of drug-likeness (QED) is 0.568. The summed E-state index contributed by atoms with van der Waals surface area (Å²) in [6, 6.07) is 14.1. The van der Waals surface area contributed by atoms with E-state index in [2.05, 4.69) is 40.9 Å². The Kier molecular flexibility index (Phi) is 7.18. The van der Waals surface area contributed by atoms with Gasteiger partial charge in [-0.3, -0.25) is 0 Å². The number of piperazine rings is 1. The van der Waals surface area contributed by atoms with Crippen LogP contribution < -0.4 is 19.4 Å². The van der Waals surface area contributed by atoms with Crippen LogP contribution in [-0.4, -0.2) is 62.3 Å². The summed E-state index contributed by atoms with van der Waals surface area (Å²) in [5.74, 6) is 0. The molecule has 1 aliphatic rings. The minimum absolute atomic E-state index is 0.0919. The molecular weight excluding hydrogens is 396 g/mol. The molecule has 0 saturated carbocycles. The maximum atomic E-state index is 13.1. The minimum Gasteiger partial charge on any atom is -0.378 e. The molecule has 3 N–H and O–H groups in total. The number of hydrogen-bond donors (Lipinski definition) is 3. The van der Waals surface area contributed by atoms with Gasteiger partial charge in [-0.2, -0.15) is 0 Å². The van der Waals surface area contributed by atoms with E-state index in [9.17, 15) is 8.42 Å². The van der Waals surface area contributed by atoms with Crippen molar-refractivity contribution < 1.29 is 18.2 Å². The molecule has 2 aromatic rings. The summed E-state index contributed by atoms with van der Waals surface area (Å²) in [5, 5.41) is 0. The molecule has 0 aliphatic carbocycles. The van der Waals surface area contributed by atoms with E-state index in [1.165, 1.54) is 15.4 Å². The van der Waals surface area contributed by atoms with Gasteiger partial charge in [0.2, 0.25) is 10.0 Å². The van der Waals surface area contributed by atoms with Crippen molar-refractivity contribution in [2.45, 2.75) is 24.8 Å². The van der Waals surface area contributed by atoms with E-state index in [1.54, 1.807) is 6.07 Å². The van der Waals surface area contributed by atoms with Crippen molar-refractivity contribution in [2.24, 2.45) is 0 Å². The predicted octanol–water partition coefficient (Wildman–Crippen LogP) is -0.198. The number of sulfonamides is 1. The Hall–Kier alpha value is -1.93. The Bertz CT molecular complexity index is 950. The molecule has 1 fully saturated rings. The normalized spacial score (nSPS) is 20.7. The van der Waals surface area contributed by atoms with Crippen molar-refractivity contribution in [1.29, 1.82) is 0 Å². The zero-order valence-electron chi connectivity index (χ0n) is 18.8. The minimum atomic E-state index is -3.56. The maximum absolute atomic E-state index is 13.1. The van der Waals surface area contributed by atoms with Crippen LogP contribution in [0, 0.1) is 13.8 Å². The molecule has 3 rings (SSSR count). The summed E-state index contributed by atoms with van der Waals surface area (Å²) in [4.78, 5) is 5.44. The van der Waals surface area contributed by atoms with Crippen molar-refractivity contribution in [3.8, 4) is 0 Å². The lowest BCUT2D eigenvalue weighted by Gasteiger charge is -2.33. The average molecular weight is 433 g/mol. The second-order valence-corrected chi connectivity index (χ2v) is 10.4. The first kappa shape index (κ1) is 22.7. The first-order valence-electron chi connectivity index (χ1n) is 10.7. The van der Waals surface area contributed by atoms with Crippen LogP contribution in [-0.2, 0) is 10.0 Å². The van der Waals surface area contributed by atoms with E-state index in [1.807, 2.05) is 40.1 Å². The SMILES string of the molecule is Cc1cccc(S(=O)(=O)NC[C@@H](c2ccc(N(C)C)cc2)[NH+]2CC[NH+](C)CC2)c1C. The largest absolute Gasteiger partial charge is 0.378 e. The van der Waals surface area contributed by atoms with Gasteiger partial charge in [0.25, 0.3) is 0 Å². The van der Waals surface area contributed by atoms with Gasteiger partial charge in [-0.25, -0.2) is 13.1 Å². The summed E-state index contributed by atoms with van der Waals surface area (Å²) in [5.41, 5.74) is 4.12. The Morgan fingerprint density at radius 1 is 1.00 bits per heavy atom. The number of rotatable bonds is 7. The molecule has 0 unspecified atom stereocenters. The van der Waals surface area contributed by atoms with Crippen LogP contribution >= 0.6 is 0 Å². The molecular formula is C23H36N4O2S+2. The van der Waals surface area contributed by atoms with Crippen molar-refractivity contribution in [1.82, 2.24) is 4.72 Å². The summed E-state index contributed by atoms with van der Waals surface area (Å²) in [6.07, 6.45) is 0. The lowest BCUT2D eigenvalue weighted by Crippen LogP contribution is -3.27. The number of hydrogen-bond acceptors (Lipinski definition) is 3. The van der Waals surface area contributed by atoms with E-state index < -0.39 is 10.0 Å². The van der Waals surface area contributed by atoms with E-state index in [4.69, 9.17) is 0 Å². The molecule has 1 saturated heterocycles. The summed E-state index contributed by atoms with van der Waals surface area (Å²) in [7, 11) is 2.71. The van der Waals surface area contributed by atoms with Gasteiger partial charge in [0.15, 0.2) is 0 Å². The molecule has 0 spiro atoms. The Morgan fingerprint density at radius 2 is 1.63 bits per heavy atom. The molecule has 0 aromatic heterocycles. The summed E-state index contributed by atoms with van der Waals surface area (Å²) in [6.45, 7) is 8.49. The smallest absolute Gasteiger partial charge is 0.241 e. The third-order valence-electron chi connectivity index (χ3n) is 6.37. The van der Waals surface area contributed by atoms with Crippen molar-refractivity contribution in [3.63, 3.8) is 0 Å². The van der Waals surface area contributed by atoms with Gasteiger partial charge in [0, 0.05) is 25.3 Å². The Labute approximate surface area is 181 Å². The fraction of sp³-hybridized carbons (Fsp3) is 0.478. The molecule has 30 heavy (non-hydrogen) atoms. The maximum Gasteiger partial charge on any atom is 0.241 e. The number of nitrogens with zero attached hydrogens (tertiary/aromatic N) is 1. The monoisotopic (exact) mass is 432 g/mol. The van der Waals surface area contributed by atoms with Gasteiger partial charge < -0.3 is 14.7 Å². The summed E-state index contributed by atoms with van der Waals surface area (Å²) < 4.78 is 29.1. The number of quaternary nitrogens is 2. The number of anilines is 1. The first-order valence-corrected chi connectivity index (χ1v) is 12.2. The fourth-order valence-electron chi connectivity index (χ4n) is 4.14. The van der Waals surface area contributed by atoms with E-state index in [0.29, 0.717) is 11.4 Å². The van der Waals surface area contributed by atoms with Crippen LogP contribution in [0.15, 0.2) is 47.4 Å². The molecule has 2 aromatic carbocycles. The topological polar surface area (TPSA) is 58.3 Å². The van der Waals surface area contributed by atoms with Crippen LogP contribution in [0.5, 0.6) is 0 Å². The third-order valence-corrected chi connectivity index (χ3v) is 7.94. The zero-order valence-corrected chi connectivity index (χ0v) is 19.6. The standard InChI is InChI=1S/C23H34N4O2S/c1-18-7-6-8-23(19(18)2)30(28,29)24-17-22(27-15-13-26(5)14-16-27)20-9-11-21(12-10-20)25(3)4/h6-12,22,24H,13-17H2,1-5H3/p+2/t22-/m0/s1. The molecule has 0 amide bonds. The van der Waals surface area contributed by atoms with Crippen LogP contribution in [0.3, 0.4) is 0 Å². The van der Waals surface area contributed by atoms with Crippen molar-refractivity contribution in [3.05, 3.63) is 59.2 Å². The molecule has 1 heterocycles. The highest BCUT2D eigenvalue weighted by atomic mass is 32.2. The second-order valence-electron chi connectivity index (χ2n) is 8.70. The zero-order chi connectivity index (χ0) is 21.9. The van der Waals surface area contributed by atoms with Crippen molar-refractivity contribution >= 4 is 15.7 Å². The van der Waals surface area contributed by atoms with Crippen LogP contribution in [0.2, 0.25) is 0 Å². The Balaban J connectivity index is 1.84. The van der Waals surface area contributed by atoms with E-state index >= 15 is 0 Å². The second kappa shape index (κ2) is 9.47. The van der Waals surface area contributed by atoms with Gasteiger partial charge in [-0.1, -0.05) is 24.3 Å². The highest BCUT2D eigenvalue weighted by Gasteiger charge is 2.31. The van der Waals surface area contributed by atoms with Crippen LogP contribution in [0.1, 0.15) is 22.7 Å². The Morgan fingerprint density at radius 3 is 2.23 bits per heavy atom. The molecule has 6 nitrogen and oxygen atoms in total. The van der Waals surface area contributed by atoms with Gasteiger partial charge in [0.05, 0.1) is 18.5 Å². The number of likely N-dealkylation sites (N-methyl/N-ethyl adjacent to an activating group) is 1. The first-order chi connectivity index (χ1) is 14.2. The van der Waals surface area contributed by atoms with Gasteiger partial charge in [-0.15, -0.1) is 0 Å². The van der Waals surface area contributed by atoms with Crippen LogP contribution in [0.25, 0.3) is 0 Å². The third kappa shape index (κ3) is 5.21. The van der Waals surface area contributed by atoms with Crippen molar-refractivity contribution in [2.75, 3.05) is 58.8 Å². The molecule has 1 atom stereocenters. The highest BCUT2D eigenvalue weighted by Crippen LogP contribution is 2.20. The average Bonchev–Trinajstić information content (AvgIpc) is 2.71. The number of benzene rings is 2. The van der Waals surface area contributed by atoms with E-state index in [0.717, 1.165) is 43.0 Å².